The van der Waals surface area contributed by atoms with E-state index in [4.69, 9.17) is 0 Å². The number of urea groups is 1. The zero-order valence-electron chi connectivity index (χ0n) is 17.6. The summed E-state index contributed by atoms with van der Waals surface area (Å²) in [6.45, 7) is 1.05. The molecule has 1 saturated heterocycles. The molecule has 0 aliphatic carbocycles. The Hall–Kier alpha value is -3.77. The van der Waals surface area contributed by atoms with Crippen molar-refractivity contribution in [2.75, 3.05) is 26.2 Å². The van der Waals surface area contributed by atoms with Gasteiger partial charge in [-0.25, -0.2) is 17.9 Å². The molecule has 33 heavy (non-hydrogen) atoms. The highest BCUT2D eigenvalue weighted by molar-refractivity contribution is 7.89. The predicted molar refractivity (Wildman–Crippen MR) is 119 cm³/mol. The normalized spacial score (nSPS) is 14.7. The molecule has 1 N–H and O–H groups in total. The van der Waals surface area contributed by atoms with Gasteiger partial charge in [-0.2, -0.15) is 9.40 Å². The Morgan fingerprint density at radius 3 is 2.33 bits per heavy atom. The van der Waals surface area contributed by atoms with E-state index < -0.39 is 14.9 Å². The van der Waals surface area contributed by atoms with Gasteiger partial charge in [-0.15, -0.1) is 0 Å². The van der Waals surface area contributed by atoms with Crippen LogP contribution in [0.15, 0.2) is 71.9 Å². The molecule has 0 saturated carbocycles. The highest BCUT2D eigenvalue weighted by Gasteiger charge is 2.30. The second kappa shape index (κ2) is 9.38. The minimum Gasteiger partial charge on any atom is -0.334 e. The summed E-state index contributed by atoms with van der Waals surface area (Å²) in [4.78, 5) is 24.3. The third-order valence-corrected chi connectivity index (χ3v) is 7.22. The number of amides is 2. The summed E-state index contributed by atoms with van der Waals surface area (Å²) in [6.07, 6.45) is 3.52. The van der Waals surface area contributed by atoms with Crippen molar-refractivity contribution in [1.29, 1.82) is 0 Å². The first kappa shape index (κ1) is 22.4. The maximum absolute atomic E-state index is 12.8. The highest BCUT2D eigenvalue weighted by atomic mass is 32.2. The monoisotopic (exact) mass is 470 g/mol. The number of para-hydroxylation sites is 1. The first-order chi connectivity index (χ1) is 15.8. The van der Waals surface area contributed by atoms with Crippen molar-refractivity contribution in [3.63, 3.8) is 0 Å². The number of non-ortho nitro benzene ring substituents is 1. The molecule has 4 rings (SSSR count). The Balaban J connectivity index is 1.30. The van der Waals surface area contributed by atoms with Gasteiger partial charge in [0.1, 0.15) is 0 Å². The lowest BCUT2D eigenvalue weighted by Gasteiger charge is -2.33. The number of piperazine rings is 1. The van der Waals surface area contributed by atoms with Gasteiger partial charge in [-0.3, -0.25) is 10.1 Å². The van der Waals surface area contributed by atoms with Gasteiger partial charge in [0, 0.05) is 56.6 Å². The van der Waals surface area contributed by atoms with Gasteiger partial charge >= 0.3 is 6.03 Å². The van der Waals surface area contributed by atoms with Crippen molar-refractivity contribution in [3.8, 4) is 5.69 Å². The summed E-state index contributed by atoms with van der Waals surface area (Å²) in [5.41, 5.74) is 1.58. The topological polar surface area (TPSA) is 131 Å². The molecule has 0 atom stereocenters. The zero-order valence-corrected chi connectivity index (χ0v) is 18.4. The average Bonchev–Trinajstić information content (AvgIpc) is 3.32. The minimum atomic E-state index is -3.79. The molecule has 0 spiro atoms. The third kappa shape index (κ3) is 5.02. The van der Waals surface area contributed by atoms with E-state index in [1.54, 1.807) is 15.8 Å². The Morgan fingerprint density at radius 2 is 1.70 bits per heavy atom. The predicted octanol–water partition coefficient (Wildman–Crippen LogP) is 2.00. The average molecular weight is 471 g/mol. The van der Waals surface area contributed by atoms with Gasteiger partial charge < -0.3 is 10.2 Å². The SMILES string of the molecule is O=C(NCc1cnn(-c2ccccc2)c1)N1CCN(S(=O)(=O)c2ccc([N+](=O)[O-])cc2)CC1. The van der Waals surface area contributed by atoms with Gasteiger partial charge in [0.25, 0.3) is 5.69 Å². The molecule has 172 valence electrons. The number of sulfonamides is 1. The lowest BCUT2D eigenvalue weighted by molar-refractivity contribution is -0.384. The number of rotatable bonds is 6. The first-order valence-electron chi connectivity index (χ1n) is 10.2. The number of hydrogen-bond donors (Lipinski definition) is 1. The summed E-state index contributed by atoms with van der Waals surface area (Å²) in [5.74, 6) is 0. The number of nitro groups is 1. The Kier molecular flexibility index (Phi) is 6.38. The molecule has 1 aliphatic rings. The van der Waals surface area contributed by atoms with Gasteiger partial charge in [0.05, 0.1) is 21.7 Å². The lowest BCUT2D eigenvalue weighted by Crippen LogP contribution is -2.52. The molecule has 0 radical (unpaired) electrons. The minimum absolute atomic E-state index is 0.0126. The maximum Gasteiger partial charge on any atom is 0.317 e. The first-order valence-corrected chi connectivity index (χ1v) is 11.6. The van der Waals surface area contributed by atoms with E-state index in [-0.39, 0.29) is 42.8 Å². The second-order valence-corrected chi connectivity index (χ2v) is 9.37. The molecule has 1 fully saturated rings. The largest absolute Gasteiger partial charge is 0.334 e. The third-order valence-electron chi connectivity index (χ3n) is 5.31. The molecule has 11 nitrogen and oxygen atoms in total. The van der Waals surface area contributed by atoms with Gasteiger partial charge in [0.15, 0.2) is 0 Å². The number of aromatic nitrogens is 2. The summed E-state index contributed by atoms with van der Waals surface area (Å²) in [5, 5.41) is 17.9. The van der Waals surface area contributed by atoms with Gasteiger partial charge in [-0.1, -0.05) is 18.2 Å². The summed E-state index contributed by atoms with van der Waals surface area (Å²) in [6, 6.07) is 14.1. The molecular weight excluding hydrogens is 448 g/mol. The van der Waals surface area contributed by atoms with E-state index in [1.807, 2.05) is 36.5 Å². The quantitative estimate of drug-likeness (QED) is 0.433. The van der Waals surface area contributed by atoms with E-state index in [1.165, 1.54) is 16.4 Å². The smallest absolute Gasteiger partial charge is 0.317 e. The van der Waals surface area contributed by atoms with Crippen LogP contribution in [-0.4, -0.2) is 64.5 Å². The van der Waals surface area contributed by atoms with Crippen LogP contribution in [-0.2, 0) is 16.6 Å². The number of nitrogens with one attached hydrogen (secondary N) is 1. The number of carbonyl (C=O) groups excluding carboxylic acids is 1. The fraction of sp³-hybridized carbons (Fsp3) is 0.238. The molecule has 2 amide bonds. The molecule has 2 aromatic carbocycles. The second-order valence-electron chi connectivity index (χ2n) is 7.43. The number of nitrogens with zero attached hydrogens (tertiary/aromatic N) is 5. The van der Waals surface area contributed by atoms with E-state index in [0.29, 0.717) is 6.54 Å². The maximum atomic E-state index is 12.8. The van der Waals surface area contributed by atoms with Gasteiger partial charge in [-0.05, 0) is 24.3 Å². The summed E-state index contributed by atoms with van der Waals surface area (Å²) in [7, 11) is -3.79. The fourth-order valence-electron chi connectivity index (χ4n) is 3.48. The molecular formula is C21H22N6O5S. The molecule has 2 heterocycles. The van der Waals surface area contributed by atoms with E-state index in [0.717, 1.165) is 23.4 Å². The van der Waals surface area contributed by atoms with Crippen LogP contribution in [0.2, 0.25) is 0 Å². The standard InChI is InChI=1S/C21H22N6O5S/c28-21(22-14-17-15-23-26(16-17)18-4-2-1-3-5-18)24-10-12-25(13-11-24)33(31,32)20-8-6-19(7-9-20)27(29)30/h1-9,15-16H,10-14H2,(H,22,28). The van der Waals surface area contributed by atoms with Crippen molar-refractivity contribution in [2.24, 2.45) is 0 Å². The van der Waals surface area contributed by atoms with Crippen molar-refractivity contribution in [3.05, 3.63) is 82.7 Å². The molecule has 3 aromatic rings. The summed E-state index contributed by atoms with van der Waals surface area (Å²) >= 11 is 0. The van der Waals surface area contributed by atoms with Crippen LogP contribution in [0, 0.1) is 10.1 Å². The zero-order chi connectivity index (χ0) is 23.4. The van der Waals surface area contributed by atoms with Crippen LogP contribution in [0.4, 0.5) is 10.5 Å². The molecule has 0 bridgehead atoms. The molecule has 12 heteroatoms. The van der Waals surface area contributed by atoms with Crippen molar-refractivity contribution >= 4 is 21.7 Å². The number of nitro benzene ring substituents is 1. The van der Waals surface area contributed by atoms with Crippen LogP contribution in [0.25, 0.3) is 5.69 Å². The van der Waals surface area contributed by atoms with Gasteiger partial charge in [0.2, 0.25) is 10.0 Å². The van der Waals surface area contributed by atoms with Crippen molar-refractivity contribution in [2.45, 2.75) is 11.4 Å². The number of hydrogen-bond acceptors (Lipinski definition) is 6. The molecule has 0 unspecified atom stereocenters. The number of benzene rings is 2. The van der Waals surface area contributed by atoms with Crippen LogP contribution in [0.3, 0.4) is 0 Å². The van der Waals surface area contributed by atoms with E-state index in [2.05, 4.69) is 10.4 Å². The number of carbonyl (C=O) groups is 1. The lowest BCUT2D eigenvalue weighted by atomic mass is 10.3. The Bertz CT molecular complexity index is 1240. The van der Waals surface area contributed by atoms with Crippen LogP contribution < -0.4 is 5.32 Å². The highest BCUT2D eigenvalue weighted by Crippen LogP contribution is 2.21. The van der Waals surface area contributed by atoms with Crippen molar-refractivity contribution < 1.29 is 18.1 Å². The Labute approximate surface area is 190 Å². The van der Waals surface area contributed by atoms with E-state index >= 15 is 0 Å². The van der Waals surface area contributed by atoms with Crippen LogP contribution in [0.5, 0.6) is 0 Å². The van der Waals surface area contributed by atoms with E-state index in [9.17, 15) is 23.3 Å². The van der Waals surface area contributed by atoms with Crippen LogP contribution in [0.1, 0.15) is 5.56 Å². The Morgan fingerprint density at radius 1 is 1.03 bits per heavy atom. The van der Waals surface area contributed by atoms with Crippen molar-refractivity contribution in [1.82, 2.24) is 24.3 Å². The molecule has 1 aliphatic heterocycles. The fourth-order valence-corrected chi connectivity index (χ4v) is 4.91. The molecule has 1 aromatic heterocycles. The summed E-state index contributed by atoms with van der Waals surface area (Å²) < 4.78 is 28.6. The van der Waals surface area contributed by atoms with Crippen LogP contribution >= 0.6 is 0 Å².